The number of amides is 1. The van der Waals surface area contributed by atoms with Crippen LogP contribution in [0.25, 0.3) is 0 Å². The molecular formula is C17H23ClN2O3. The van der Waals surface area contributed by atoms with E-state index >= 15 is 0 Å². The van der Waals surface area contributed by atoms with Crippen molar-refractivity contribution in [1.29, 1.82) is 0 Å². The van der Waals surface area contributed by atoms with Crippen LogP contribution in [0, 0.1) is 0 Å². The zero-order valence-corrected chi connectivity index (χ0v) is 13.9. The number of halogens is 1. The first-order valence-electron chi connectivity index (χ1n) is 8.22. The first-order chi connectivity index (χ1) is 11.2. The fraction of sp³-hybridized carbons (Fsp3) is 0.588. The van der Waals surface area contributed by atoms with Gasteiger partial charge in [0.1, 0.15) is 0 Å². The van der Waals surface area contributed by atoms with Gasteiger partial charge in [0.25, 0.3) is 0 Å². The molecule has 5 nitrogen and oxygen atoms in total. The lowest BCUT2D eigenvalue weighted by Gasteiger charge is -2.35. The maximum atomic E-state index is 12.8. The average molecular weight is 339 g/mol. The number of likely N-dealkylation sites (tertiary alicyclic amines) is 1. The lowest BCUT2D eigenvalue weighted by molar-refractivity contribution is -0.123. The van der Waals surface area contributed by atoms with Crippen LogP contribution < -0.4 is 4.90 Å². The summed E-state index contributed by atoms with van der Waals surface area (Å²) in [6.45, 7) is 2.83. The second-order valence-corrected chi connectivity index (χ2v) is 6.56. The molecule has 2 atom stereocenters. The number of anilines is 1. The third kappa shape index (κ3) is 3.86. The molecule has 0 aliphatic carbocycles. The fourth-order valence-corrected chi connectivity index (χ4v) is 3.69. The van der Waals surface area contributed by atoms with Crippen molar-refractivity contribution in [3.05, 3.63) is 29.3 Å². The van der Waals surface area contributed by atoms with Crippen molar-refractivity contribution in [3.8, 4) is 0 Å². The molecule has 0 saturated carbocycles. The standard InChI is InChI=1S/C17H23ClN2O3/c18-13-3-1-4-14(11-13)20-8-6-16(17(20)22)19-7-2-5-15(12-19)23-10-9-21/h1,3-4,11,15-16,21H,2,5-10,12H2/t15-,16-/m1/s1. The monoisotopic (exact) mass is 338 g/mol. The van der Waals surface area contributed by atoms with Crippen molar-refractivity contribution >= 4 is 23.2 Å². The minimum atomic E-state index is -0.0745. The molecule has 0 radical (unpaired) electrons. The van der Waals surface area contributed by atoms with Crippen LogP contribution in [0.5, 0.6) is 0 Å². The van der Waals surface area contributed by atoms with Gasteiger partial charge in [0.15, 0.2) is 0 Å². The number of hydrogen-bond donors (Lipinski definition) is 1. The van der Waals surface area contributed by atoms with Crippen LogP contribution in [-0.4, -0.2) is 60.9 Å². The van der Waals surface area contributed by atoms with Crippen molar-refractivity contribution in [2.24, 2.45) is 0 Å². The van der Waals surface area contributed by atoms with Gasteiger partial charge in [0.05, 0.1) is 25.4 Å². The summed E-state index contributed by atoms with van der Waals surface area (Å²) in [5.41, 5.74) is 0.870. The molecule has 2 aliphatic heterocycles. The van der Waals surface area contributed by atoms with E-state index in [0.717, 1.165) is 44.6 Å². The number of carbonyl (C=O) groups is 1. The predicted molar refractivity (Wildman–Crippen MR) is 89.8 cm³/mol. The van der Waals surface area contributed by atoms with Crippen LogP contribution >= 0.6 is 11.6 Å². The molecule has 3 rings (SSSR count). The minimum Gasteiger partial charge on any atom is -0.394 e. The van der Waals surface area contributed by atoms with Crippen LogP contribution in [0.15, 0.2) is 24.3 Å². The first-order valence-corrected chi connectivity index (χ1v) is 8.60. The highest BCUT2D eigenvalue weighted by Crippen LogP contribution is 2.28. The van der Waals surface area contributed by atoms with Crippen LogP contribution in [0.4, 0.5) is 5.69 Å². The SMILES string of the molecule is O=C1[C@H](N2CCC[C@@H](OCCO)C2)CCN1c1cccc(Cl)c1. The highest BCUT2D eigenvalue weighted by molar-refractivity contribution is 6.30. The topological polar surface area (TPSA) is 53.0 Å². The molecule has 1 aromatic carbocycles. The maximum Gasteiger partial charge on any atom is 0.244 e. The summed E-state index contributed by atoms with van der Waals surface area (Å²) in [5.74, 6) is 0.148. The van der Waals surface area contributed by atoms with Gasteiger partial charge in [0.2, 0.25) is 5.91 Å². The van der Waals surface area contributed by atoms with Crippen LogP contribution in [0.2, 0.25) is 5.02 Å². The number of aliphatic hydroxyl groups is 1. The summed E-state index contributed by atoms with van der Waals surface area (Å²) in [4.78, 5) is 16.9. The summed E-state index contributed by atoms with van der Waals surface area (Å²) in [6.07, 6.45) is 2.97. The van der Waals surface area contributed by atoms with Gasteiger partial charge in [-0.3, -0.25) is 9.69 Å². The number of rotatable bonds is 5. The molecule has 23 heavy (non-hydrogen) atoms. The summed E-state index contributed by atoms with van der Waals surface area (Å²) in [6, 6.07) is 7.38. The lowest BCUT2D eigenvalue weighted by atomic mass is 10.0. The van der Waals surface area contributed by atoms with Gasteiger partial charge >= 0.3 is 0 Å². The van der Waals surface area contributed by atoms with Crippen molar-refractivity contribution in [1.82, 2.24) is 4.90 Å². The van der Waals surface area contributed by atoms with E-state index in [1.54, 1.807) is 0 Å². The second-order valence-electron chi connectivity index (χ2n) is 6.13. The van der Waals surface area contributed by atoms with E-state index < -0.39 is 0 Å². The maximum absolute atomic E-state index is 12.8. The zero-order valence-electron chi connectivity index (χ0n) is 13.2. The first kappa shape index (κ1) is 16.7. The Labute approximate surface area is 141 Å². The predicted octanol–water partition coefficient (Wildman–Crippen LogP) is 1.92. The normalized spacial score (nSPS) is 26.0. The number of ether oxygens (including phenoxy) is 1. The minimum absolute atomic E-state index is 0.0431. The number of aliphatic hydroxyl groups excluding tert-OH is 1. The Morgan fingerprint density at radius 3 is 2.96 bits per heavy atom. The summed E-state index contributed by atoms with van der Waals surface area (Å²) in [7, 11) is 0. The van der Waals surface area contributed by atoms with Crippen LogP contribution in [-0.2, 0) is 9.53 Å². The van der Waals surface area contributed by atoms with E-state index in [1.807, 2.05) is 29.2 Å². The third-order valence-corrected chi connectivity index (χ3v) is 4.83. The molecule has 1 amide bonds. The molecule has 1 aromatic rings. The Balaban J connectivity index is 1.64. The number of carbonyl (C=O) groups excluding carboxylic acids is 1. The van der Waals surface area contributed by atoms with E-state index in [-0.39, 0.29) is 24.7 Å². The van der Waals surface area contributed by atoms with Gasteiger partial charge in [-0.2, -0.15) is 0 Å². The number of hydrogen-bond acceptors (Lipinski definition) is 4. The summed E-state index contributed by atoms with van der Waals surface area (Å²) in [5, 5.41) is 9.54. The molecule has 0 aromatic heterocycles. The Morgan fingerprint density at radius 2 is 2.17 bits per heavy atom. The van der Waals surface area contributed by atoms with E-state index in [4.69, 9.17) is 21.4 Å². The number of benzene rings is 1. The molecule has 2 heterocycles. The highest BCUT2D eigenvalue weighted by atomic mass is 35.5. The molecule has 2 saturated heterocycles. The van der Waals surface area contributed by atoms with Gasteiger partial charge in [-0.15, -0.1) is 0 Å². The van der Waals surface area contributed by atoms with Gasteiger partial charge in [-0.1, -0.05) is 17.7 Å². The molecule has 2 fully saturated rings. The van der Waals surface area contributed by atoms with Gasteiger partial charge < -0.3 is 14.7 Å². The molecule has 126 valence electrons. The van der Waals surface area contributed by atoms with Crippen molar-refractivity contribution in [3.63, 3.8) is 0 Å². The van der Waals surface area contributed by atoms with E-state index in [1.165, 1.54) is 0 Å². The number of nitrogens with zero attached hydrogens (tertiary/aromatic N) is 2. The highest BCUT2D eigenvalue weighted by Gasteiger charge is 2.38. The van der Waals surface area contributed by atoms with Gasteiger partial charge in [0, 0.05) is 23.8 Å². The van der Waals surface area contributed by atoms with Crippen molar-refractivity contribution in [2.75, 3.05) is 37.7 Å². The fourth-order valence-electron chi connectivity index (χ4n) is 3.51. The average Bonchev–Trinajstić information content (AvgIpc) is 2.95. The van der Waals surface area contributed by atoms with Gasteiger partial charge in [-0.05, 0) is 44.0 Å². The van der Waals surface area contributed by atoms with E-state index in [2.05, 4.69) is 4.90 Å². The van der Waals surface area contributed by atoms with Gasteiger partial charge in [-0.25, -0.2) is 0 Å². The molecule has 0 unspecified atom stereocenters. The van der Waals surface area contributed by atoms with Crippen LogP contribution in [0.1, 0.15) is 19.3 Å². The largest absolute Gasteiger partial charge is 0.394 e. The van der Waals surface area contributed by atoms with E-state index in [9.17, 15) is 4.79 Å². The number of piperidine rings is 1. The summed E-state index contributed by atoms with van der Waals surface area (Å²) < 4.78 is 5.65. The molecular weight excluding hydrogens is 316 g/mol. The zero-order chi connectivity index (χ0) is 16.2. The Bertz CT molecular complexity index is 554. The Kier molecular flexibility index (Phi) is 5.54. The quantitative estimate of drug-likeness (QED) is 0.891. The third-order valence-electron chi connectivity index (χ3n) is 4.59. The lowest BCUT2D eigenvalue weighted by Crippen LogP contribution is -2.49. The summed E-state index contributed by atoms with van der Waals surface area (Å²) >= 11 is 6.04. The molecule has 0 spiro atoms. The Morgan fingerprint density at radius 1 is 1.30 bits per heavy atom. The van der Waals surface area contributed by atoms with Crippen molar-refractivity contribution in [2.45, 2.75) is 31.4 Å². The molecule has 6 heteroatoms. The van der Waals surface area contributed by atoms with Crippen molar-refractivity contribution < 1.29 is 14.6 Å². The van der Waals surface area contributed by atoms with E-state index in [0.29, 0.717) is 11.6 Å². The van der Waals surface area contributed by atoms with Crippen LogP contribution in [0.3, 0.4) is 0 Å². The molecule has 0 bridgehead atoms. The smallest absolute Gasteiger partial charge is 0.244 e. The molecule has 2 aliphatic rings. The Hall–Kier alpha value is -1.14. The second kappa shape index (κ2) is 7.62. The molecule has 1 N–H and O–H groups in total.